The minimum Gasteiger partial charge on any atom is -0.480 e. The molecule has 1 aliphatic heterocycles. The van der Waals surface area contributed by atoms with Crippen LogP contribution in [0.3, 0.4) is 0 Å². The van der Waals surface area contributed by atoms with E-state index in [0.717, 1.165) is 21.7 Å². The van der Waals surface area contributed by atoms with Crippen molar-refractivity contribution in [3.8, 4) is 5.69 Å². The molecule has 1 amide bonds. The first-order valence-corrected chi connectivity index (χ1v) is 8.42. The molecule has 0 aliphatic carbocycles. The van der Waals surface area contributed by atoms with E-state index in [1.54, 1.807) is 0 Å². The Kier molecular flexibility index (Phi) is 4.97. The lowest BCUT2D eigenvalue weighted by molar-refractivity contribution is -0.141. The Morgan fingerprint density at radius 2 is 1.93 bits per heavy atom. The van der Waals surface area contributed by atoms with Crippen molar-refractivity contribution in [2.24, 2.45) is 0 Å². The Morgan fingerprint density at radius 1 is 1.25 bits per heavy atom. The van der Waals surface area contributed by atoms with E-state index in [0.29, 0.717) is 6.42 Å². The van der Waals surface area contributed by atoms with Gasteiger partial charge in [0.1, 0.15) is 6.04 Å². The van der Waals surface area contributed by atoms with E-state index in [1.807, 2.05) is 0 Å². The molecule has 28 heavy (non-hydrogen) atoms. The first-order chi connectivity index (χ1) is 13.1. The summed E-state index contributed by atoms with van der Waals surface area (Å²) in [5.41, 5.74) is -2.60. The van der Waals surface area contributed by atoms with Crippen LogP contribution >= 0.6 is 0 Å². The number of carbonyl (C=O) groups excluding carboxylic acids is 1. The Balaban J connectivity index is 2.12. The van der Waals surface area contributed by atoms with Crippen molar-refractivity contribution >= 4 is 11.9 Å². The monoisotopic (exact) mass is 395 g/mol. The van der Waals surface area contributed by atoms with Crippen LogP contribution in [0.5, 0.6) is 0 Å². The highest BCUT2D eigenvalue weighted by atomic mass is 19.4. The van der Waals surface area contributed by atoms with Crippen LogP contribution in [0.1, 0.15) is 34.6 Å². The zero-order valence-corrected chi connectivity index (χ0v) is 14.7. The van der Waals surface area contributed by atoms with Gasteiger partial charge in [0.2, 0.25) is 5.43 Å². The zero-order valence-electron chi connectivity index (χ0n) is 14.7. The molecule has 1 saturated heterocycles. The molecule has 1 fully saturated rings. The minimum absolute atomic E-state index is 0.106. The van der Waals surface area contributed by atoms with Gasteiger partial charge in [-0.15, -0.1) is 0 Å². The van der Waals surface area contributed by atoms with Crippen LogP contribution in [0.4, 0.5) is 13.2 Å². The van der Waals surface area contributed by atoms with E-state index in [-0.39, 0.29) is 24.3 Å². The highest BCUT2D eigenvalue weighted by Crippen LogP contribution is 2.33. The maximum atomic E-state index is 13.3. The molecule has 0 radical (unpaired) electrons. The molecule has 1 aromatic heterocycles. The maximum absolute atomic E-state index is 13.3. The molecule has 0 saturated carbocycles. The molecule has 0 bridgehead atoms. The number of carboxylic acid groups (broad SMARTS) is 1. The summed E-state index contributed by atoms with van der Waals surface area (Å²) in [5, 5.41) is 13.1. The fourth-order valence-electron chi connectivity index (χ4n) is 3.24. The van der Waals surface area contributed by atoms with Gasteiger partial charge in [-0.05, 0) is 31.9 Å². The number of halogens is 3. The number of rotatable bonds is 3. The van der Waals surface area contributed by atoms with Crippen molar-refractivity contribution in [3.05, 3.63) is 57.5 Å². The van der Waals surface area contributed by atoms with Crippen molar-refractivity contribution < 1.29 is 27.9 Å². The number of para-hydroxylation sites is 1. The number of aryl methyl sites for hydroxylation is 1. The van der Waals surface area contributed by atoms with Crippen LogP contribution in [-0.4, -0.2) is 44.3 Å². The number of carboxylic acids is 1. The van der Waals surface area contributed by atoms with Crippen LogP contribution < -0.4 is 5.43 Å². The lowest BCUT2D eigenvalue weighted by Gasteiger charge is -2.22. The van der Waals surface area contributed by atoms with E-state index in [2.05, 4.69) is 5.10 Å². The van der Waals surface area contributed by atoms with Gasteiger partial charge in [0.25, 0.3) is 5.91 Å². The second-order valence-electron chi connectivity index (χ2n) is 6.42. The number of likely N-dealkylation sites (tertiary alicyclic amines) is 1. The number of aromatic nitrogens is 2. The molecule has 7 nitrogen and oxygen atoms in total. The summed E-state index contributed by atoms with van der Waals surface area (Å²) in [5.74, 6) is -2.12. The van der Waals surface area contributed by atoms with E-state index in [1.165, 1.54) is 25.1 Å². The third kappa shape index (κ3) is 3.49. The standard InChI is InChI=1S/C18H16F3N3O4/c1-10-9-14(25)15(16(26)23-8-4-7-13(23)17(27)28)22-24(10)12-6-3-2-5-11(12)18(19,20)21/h2-3,5-6,9,13H,4,7-8H2,1H3,(H,27,28)/t13-/m1/s1. The van der Waals surface area contributed by atoms with E-state index in [9.17, 15) is 32.7 Å². The molecule has 2 aromatic rings. The van der Waals surface area contributed by atoms with Crippen molar-refractivity contribution in [1.29, 1.82) is 0 Å². The van der Waals surface area contributed by atoms with Crippen LogP contribution in [-0.2, 0) is 11.0 Å². The summed E-state index contributed by atoms with van der Waals surface area (Å²) >= 11 is 0. The van der Waals surface area contributed by atoms with Gasteiger partial charge < -0.3 is 10.0 Å². The normalized spacial score (nSPS) is 17.0. The number of carbonyl (C=O) groups is 2. The smallest absolute Gasteiger partial charge is 0.418 e. The molecule has 1 aromatic carbocycles. The summed E-state index contributed by atoms with van der Waals surface area (Å²) in [6.45, 7) is 1.52. The SMILES string of the molecule is Cc1cc(=O)c(C(=O)N2CCC[C@@H]2C(=O)O)nn1-c1ccccc1C(F)(F)F. The molecular formula is C18H16F3N3O4. The summed E-state index contributed by atoms with van der Waals surface area (Å²) in [4.78, 5) is 37.3. The molecule has 0 spiro atoms. The lowest BCUT2D eigenvalue weighted by Crippen LogP contribution is -2.43. The summed E-state index contributed by atoms with van der Waals surface area (Å²) < 4.78 is 40.9. The van der Waals surface area contributed by atoms with Crippen molar-refractivity contribution in [2.75, 3.05) is 6.54 Å². The fourth-order valence-corrected chi connectivity index (χ4v) is 3.24. The highest BCUT2D eigenvalue weighted by molar-refractivity contribution is 5.95. The Morgan fingerprint density at radius 3 is 2.57 bits per heavy atom. The van der Waals surface area contributed by atoms with E-state index in [4.69, 9.17) is 0 Å². The lowest BCUT2D eigenvalue weighted by atomic mass is 10.1. The van der Waals surface area contributed by atoms with Gasteiger partial charge >= 0.3 is 12.1 Å². The average molecular weight is 395 g/mol. The summed E-state index contributed by atoms with van der Waals surface area (Å²) in [6.07, 6.45) is -3.99. The molecule has 1 aliphatic rings. The van der Waals surface area contributed by atoms with Crippen LogP contribution in [0.15, 0.2) is 35.1 Å². The molecule has 10 heteroatoms. The molecule has 2 heterocycles. The first kappa shape index (κ1) is 19.6. The number of benzene rings is 1. The second-order valence-corrected chi connectivity index (χ2v) is 6.42. The number of alkyl halides is 3. The van der Waals surface area contributed by atoms with Gasteiger partial charge in [-0.2, -0.15) is 18.3 Å². The summed E-state index contributed by atoms with van der Waals surface area (Å²) in [6, 6.07) is 4.57. The molecule has 3 rings (SSSR count). The predicted octanol–water partition coefficient (Wildman–Crippen LogP) is 2.25. The number of nitrogens with zero attached hydrogens (tertiary/aromatic N) is 3. The largest absolute Gasteiger partial charge is 0.480 e. The van der Waals surface area contributed by atoms with Crippen LogP contribution in [0.2, 0.25) is 0 Å². The zero-order chi connectivity index (χ0) is 20.6. The van der Waals surface area contributed by atoms with Crippen LogP contribution in [0.25, 0.3) is 5.69 Å². The highest BCUT2D eigenvalue weighted by Gasteiger charge is 2.37. The van der Waals surface area contributed by atoms with Gasteiger partial charge in [-0.1, -0.05) is 12.1 Å². The number of aliphatic carboxylic acids is 1. The van der Waals surface area contributed by atoms with Crippen molar-refractivity contribution in [2.45, 2.75) is 32.0 Å². The van der Waals surface area contributed by atoms with Gasteiger partial charge in [-0.3, -0.25) is 9.59 Å². The average Bonchev–Trinajstić information content (AvgIpc) is 3.11. The predicted molar refractivity (Wildman–Crippen MR) is 91.3 cm³/mol. The topological polar surface area (TPSA) is 92.5 Å². The third-order valence-corrected chi connectivity index (χ3v) is 4.55. The molecule has 1 atom stereocenters. The van der Waals surface area contributed by atoms with Gasteiger partial charge in [0, 0.05) is 18.3 Å². The Labute approximate surface area is 157 Å². The molecule has 0 unspecified atom stereocenters. The van der Waals surface area contributed by atoms with Crippen LogP contribution in [0, 0.1) is 6.92 Å². The number of hydrogen-bond donors (Lipinski definition) is 1. The number of amides is 1. The minimum atomic E-state index is -4.67. The van der Waals surface area contributed by atoms with E-state index < -0.39 is 40.8 Å². The molecule has 1 N–H and O–H groups in total. The van der Waals surface area contributed by atoms with Gasteiger partial charge in [0.15, 0.2) is 5.69 Å². The maximum Gasteiger partial charge on any atom is 0.418 e. The number of hydrogen-bond acceptors (Lipinski definition) is 4. The van der Waals surface area contributed by atoms with Gasteiger partial charge in [0.05, 0.1) is 11.3 Å². The third-order valence-electron chi connectivity index (χ3n) is 4.55. The second kappa shape index (κ2) is 7.10. The molecule has 148 valence electrons. The van der Waals surface area contributed by atoms with E-state index >= 15 is 0 Å². The quantitative estimate of drug-likeness (QED) is 0.861. The Bertz CT molecular complexity index is 1000. The van der Waals surface area contributed by atoms with Crippen molar-refractivity contribution in [3.63, 3.8) is 0 Å². The Hall–Kier alpha value is -3.17. The first-order valence-electron chi connectivity index (χ1n) is 8.42. The van der Waals surface area contributed by atoms with Gasteiger partial charge in [-0.25, -0.2) is 9.48 Å². The summed E-state index contributed by atoms with van der Waals surface area (Å²) in [7, 11) is 0. The fraction of sp³-hybridized carbons (Fsp3) is 0.333. The van der Waals surface area contributed by atoms with Crippen molar-refractivity contribution in [1.82, 2.24) is 14.7 Å². The molecular weight excluding hydrogens is 379 g/mol.